The Morgan fingerprint density at radius 3 is 1.92 bits per heavy atom. The van der Waals surface area contributed by atoms with Crippen molar-refractivity contribution in [1.82, 2.24) is 21.3 Å². The maximum absolute atomic E-state index is 12.9. The fourth-order valence-electron chi connectivity index (χ4n) is 3.52. The van der Waals surface area contributed by atoms with Gasteiger partial charge < -0.3 is 27.0 Å². The van der Waals surface area contributed by atoms with E-state index in [0.29, 0.717) is 6.42 Å². The Kier molecular flexibility index (Phi) is 12.2. The summed E-state index contributed by atoms with van der Waals surface area (Å²) >= 11 is 0. The molecule has 0 spiro atoms. The average molecular weight is 522 g/mol. The van der Waals surface area contributed by atoms with E-state index < -0.39 is 48.2 Å². The Labute approximate surface area is 222 Å². The summed E-state index contributed by atoms with van der Waals surface area (Å²) in [7, 11) is 0. The highest BCUT2D eigenvalue weighted by atomic mass is 16.2. The zero-order valence-corrected chi connectivity index (χ0v) is 21.6. The summed E-state index contributed by atoms with van der Waals surface area (Å²) in [6.07, 6.45) is 3.47. The molecular weight excluding hydrogens is 486 g/mol. The molecule has 0 aromatic heterocycles. The summed E-state index contributed by atoms with van der Waals surface area (Å²) in [5.74, 6) is -2.74. The van der Waals surface area contributed by atoms with Crippen molar-refractivity contribution in [1.29, 1.82) is 0 Å². The van der Waals surface area contributed by atoms with Crippen molar-refractivity contribution in [3.8, 4) is 0 Å². The molecule has 0 aliphatic rings. The van der Waals surface area contributed by atoms with E-state index in [2.05, 4.69) is 21.3 Å². The molecule has 6 N–H and O–H groups in total. The lowest BCUT2D eigenvalue weighted by atomic mass is 10.0. The largest absolute Gasteiger partial charge is 0.368 e. The fourth-order valence-corrected chi connectivity index (χ4v) is 3.52. The van der Waals surface area contributed by atoms with Gasteiger partial charge in [0.2, 0.25) is 29.5 Å². The number of carbonyl (C=O) groups excluding carboxylic acids is 5. The zero-order chi connectivity index (χ0) is 27.9. The first-order valence-electron chi connectivity index (χ1n) is 12.3. The van der Waals surface area contributed by atoms with Crippen LogP contribution in [0.2, 0.25) is 0 Å². The second kappa shape index (κ2) is 15.6. The third kappa shape index (κ3) is 11.5. The fraction of sp³-hybridized carbons (Fsp3) is 0.321. The minimum Gasteiger partial charge on any atom is -0.368 e. The first-order valence-corrected chi connectivity index (χ1v) is 12.3. The van der Waals surface area contributed by atoms with Crippen LogP contribution in [0, 0.1) is 5.92 Å². The van der Waals surface area contributed by atoms with E-state index in [-0.39, 0.29) is 18.9 Å². The molecule has 0 fully saturated rings. The van der Waals surface area contributed by atoms with Crippen molar-refractivity contribution >= 4 is 35.6 Å². The van der Waals surface area contributed by atoms with Crippen molar-refractivity contribution in [2.75, 3.05) is 13.1 Å². The monoisotopic (exact) mass is 521 g/mol. The summed E-state index contributed by atoms with van der Waals surface area (Å²) < 4.78 is 0. The smallest absolute Gasteiger partial charge is 0.244 e. The van der Waals surface area contributed by atoms with Crippen LogP contribution in [0.1, 0.15) is 31.4 Å². The Hall–Kier alpha value is -4.47. The molecule has 202 valence electrons. The van der Waals surface area contributed by atoms with Crippen LogP contribution in [0.15, 0.2) is 66.7 Å². The van der Waals surface area contributed by atoms with Crippen molar-refractivity contribution in [2.24, 2.45) is 11.7 Å². The van der Waals surface area contributed by atoms with Crippen molar-refractivity contribution < 1.29 is 24.0 Å². The van der Waals surface area contributed by atoms with Gasteiger partial charge in [-0.3, -0.25) is 24.0 Å². The SMILES string of the molecule is CC(C)C[C@H](NC(=O)CNC(=O)[C@H](Cc1ccccc1)NC(=O)CNC(=O)/C=C/c1ccccc1)C(N)=O. The second-order valence-electron chi connectivity index (χ2n) is 9.14. The molecule has 0 unspecified atom stereocenters. The maximum atomic E-state index is 12.9. The lowest BCUT2D eigenvalue weighted by Gasteiger charge is -2.20. The highest BCUT2D eigenvalue weighted by Crippen LogP contribution is 2.05. The molecule has 0 heterocycles. The van der Waals surface area contributed by atoms with Crippen LogP contribution in [0.3, 0.4) is 0 Å². The number of hydrogen-bond acceptors (Lipinski definition) is 5. The molecule has 2 rings (SSSR count). The van der Waals surface area contributed by atoms with Crippen molar-refractivity contribution in [3.05, 3.63) is 77.9 Å². The minimum absolute atomic E-state index is 0.127. The molecule has 2 aromatic carbocycles. The van der Waals surface area contributed by atoms with Crippen LogP contribution in [0.4, 0.5) is 0 Å². The molecule has 2 atom stereocenters. The van der Waals surface area contributed by atoms with Crippen LogP contribution in [0.5, 0.6) is 0 Å². The van der Waals surface area contributed by atoms with Gasteiger partial charge in [0.15, 0.2) is 0 Å². The summed E-state index contributed by atoms with van der Waals surface area (Å²) in [6.45, 7) is 3.04. The van der Waals surface area contributed by atoms with Gasteiger partial charge in [-0.2, -0.15) is 0 Å². The first-order chi connectivity index (χ1) is 18.1. The summed E-state index contributed by atoms with van der Waals surface area (Å²) in [4.78, 5) is 61.4. The molecule has 38 heavy (non-hydrogen) atoms. The van der Waals surface area contributed by atoms with E-state index in [4.69, 9.17) is 5.73 Å². The Morgan fingerprint density at radius 2 is 1.34 bits per heavy atom. The second-order valence-corrected chi connectivity index (χ2v) is 9.14. The summed E-state index contributed by atoms with van der Waals surface area (Å²) in [5.41, 5.74) is 6.98. The first kappa shape index (κ1) is 29.8. The third-order valence-electron chi connectivity index (χ3n) is 5.39. The number of carbonyl (C=O) groups is 5. The molecule has 0 aliphatic heterocycles. The summed E-state index contributed by atoms with van der Waals surface area (Å²) in [6, 6.07) is 16.4. The maximum Gasteiger partial charge on any atom is 0.244 e. The van der Waals surface area contributed by atoms with Crippen LogP contribution in [-0.2, 0) is 30.4 Å². The van der Waals surface area contributed by atoms with E-state index in [1.807, 2.05) is 50.2 Å². The molecule has 0 saturated heterocycles. The molecule has 0 radical (unpaired) electrons. The van der Waals surface area contributed by atoms with Gasteiger partial charge in [-0.05, 0) is 29.5 Å². The summed E-state index contributed by atoms with van der Waals surface area (Å²) in [5, 5.41) is 10.1. The molecule has 0 bridgehead atoms. The Bertz CT molecular complexity index is 1120. The number of nitrogens with two attached hydrogens (primary N) is 1. The lowest BCUT2D eigenvalue weighted by molar-refractivity contribution is -0.131. The van der Waals surface area contributed by atoms with Crippen LogP contribution in [0.25, 0.3) is 6.08 Å². The number of nitrogens with one attached hydrogen (secondary N) is 4. The predicted molar refractivity (Wildman–Crippen MR) is 144 cm³/mol. The Morgan fingerprint density at radius 1 is 0.789 bits per heavy atom. The average Bonchev–Trinajstić information content (AvgIpc) is 2.89. The number of rotatable bonds is 14. The van der Waals surface area contributed by atoms with Gasteiger partial charge in [-0.25, -0.2) is 0 Å². The number of benzene rings is 2. The lowest BCUT2D eigenvalue weighted by Crippen LogP contribution is -2.53. The number of hydrogen-bond donors (Lipinski definition) is 5. The van der Waals surface area contributed by atoms with Gasteiger partial charge in [0.1, 0.15) is 12.1 Å². The van der Waals surface area contributed by atoms with Crippen molar-refractivity contribution in [3.63, 3.8) is 0 Å². The standard InChI is InChI=1S/C28H35N5O5/c1-19(2)15-22(27(29)37)32-26(36)18-31-28(38)23(16-21-11-7-4-8-12-21)33-25(35)17-30-24(34)14-13-20-9-5-3-6-10-20/h3-14,19,22-23H,15-18H2,1-2H3,(H2,29,37)(H,30,34)(H,31,38)(H,32,36)(H,33,35)/b14-13+/t22-,23-/m0/s1. The molecule has 2 aromatic rings. The van der Waals surface area contributed by atoms with Crippen molar-refractivity contribution in [2.45, 2.75) is 38.8 Å². The van der Waals surface area contributed by atoms with Gasteiger partial charge in [0.05, 0.1) is 13.1 Å². The van der Waals surface area contributed by atoms with E-state index in [0.717, 1.165) is 11.1 Å². The highest BCUT2D eigenvalue weighted by molar-refractivity contribution is 5.96. The van der Waals surface area contributed by atoms with Gasteiger partial charge in [0, 0.05) is 12.5 Å². The molecule has 0 saturated carbocycles. The zero-order valence-electron chi connectivity index (χ0n) is 21.6. The molecule has 10 nitrogen and oxygen atoms in total. The highest BCUT2D eigenvalue weighted by Gasteiger charge is 2.23. The van der Waals surface area contributed by atoms with Crippen LogP contribution >= 0.6 is 0 Å². The molecular formula is C28H35N5O5. The van der Waals surface area contributed by atoms with Gasteiger partial charge >= 0.3 is 0 Å². The third-order valence-corrected chi connectivity index (χ3v) is 5.39. The molecule has 5 amide bonds. The quantitative estimate of drug-likeness (QED) is 0.231. The molecule has 0 aliphatic carbocycles. The normalized spacial score (nSPS) is 12.4. The molecule has 10 heteroatoms. The topological polar surface area (TPSA) is 159 Å². The predicted octanol–water partition coefficient (Wildman–Crippen LogP) is 0.676. The number of primary amides is 1. The van der Waals surface area contributed by atoms with E-state index in [1.165, 1.54) is 6.08 Å². The van der Waals surface area contributed by atoms with E-state index >= 15 is 0 Å². The van der Waals surface area contributed by atoms with Crippen LogP contribution < -0.4 is 27.0 Å². The van der Waals surface area contributed by atoms with Gasteiger partial charge in [0.25, 0.3) is 0 Å². The Balaban J connectivity index is 1.94. The van der Waals surface area contributed by atoms with Crippen LogP contribution in [-0.4, -0.2) is 54.7 Å². The van der Waals surface area contributed by atoms with E-state index in [9.17, 15) is 24.0 Å². The van der Waals surface area contributed by atoms with E-state index in [1.54, 1.807) is 30.3 Å². The van der Waals surface area contributed by atoms with Gasteiger partial charge in [-0.15, -0.1) is 0 Å². The van der Waals surface area contributed by atoms with Gasteiger partial charge in [-0.1, -0.05) is 74.5 Å². The number of amides is 5. The minimum atomic E-state index is -1.00.